The molecule has 38 heavy (non-hydrogen) atoms. The molecule has 0 aliphatic carbocycles. The Kier molecular flexibility index (Phi) is 7.06. The molecule has 1 fully saturated rings. The molecule has 2 aromatic heterocycles. The third kappa shape index (κ3) is 4.82. The lowest BCUT2D eigenvalue weighted by Crippen LogP contribution is -2.36. The number of aromatic nitrogens is 3. The van der Waals surface area contributed by atoms with Crippen molar-refractivity contribution in [3.63, 3.8) is 0 Å². The van der Waals surface area contributed by atoms with Crippen molar-refractivity contribution in [2.75, 3.05) is 57.4 Å². The van der Waals surface area contributed by atoms with Crippen molar-refractivity contribution in [2.45, 2.75) is 18.9 Å². The molecular formula is C28H33N7O3. The number of carbonyl (C=O) groups is 1. The minimum absolute atomic E-state index is 0.250. The van der Waals surface area contributed by atoms with Crippen molar-refractivity contribution in [1.82, 2.24) is 19.4 Å². The smallest absolute Gasteiger partial charge is 0.343 e. The second-order valence-electron chi connectivity index (χ2n) is 9.56. The van der Waals surface area contributed by atoms with Gasteiger partial charge in [-0.2, -0.15) is 4.98 Å². The SMILES string of the molecule is COC(=O)c1cnc(Nc2cc(N)c(N(C)C[C@H]3CCCN3C)cc2OC)nc1-n1ccc2ccccc21. The Morgan fingerprint density at radius 2 is 2.05 bits per heavy atom. The van der Waals surface area contributed by atoms with Gasteiger partial charge in [0.05, 0.1) is 36.8 Å². The topological polar surface area (TPSA) is 111 Å². The molecule has 5 rings (SSSR count). The maximum atomic E-state index is 12.5. The Morgan fingerprint density at radius 1 is 1.24 bits per heavy atom. The van der Waals surface area contributed by atoms with E-state index in [9.17, 15) is 4.79 Å². The molecule has 10 heteroatoms. The number of para-hydroxylation sites is 1. The largest absolute Gasteiger partial charge is 0.494 e. The molecule has 0 bridgehead atoms. The Morgan fingerprint density at radius 3 is 2.79 bits per heavy atom. The number of likely N-dealkylation sites (tertiary alicyclic amines) is 1. The zero-order valence-corrected chi connectivity index (χ0v) is 22.1. The van der Waals surface area contributed by atoms with Gasteiger partial charge < -0.3 is 34.9 Å². The lowest BCUT2D eigenvalue weighted by atomic mass is 10.1. The molecule has 198 valence electrons. The van der Waals surface area contributed by atoms with E-state index in [1.807, 2.05) is 60.3 Å². The summed E-state index contributed by atoms with van der Waals surface area (Å²) in [5.41, 5.74) is 9.79. The zero-order valence-electron chi connectivity index (χ0n) is 22.1. The first kappa shape index (κ1) is 25.3. The molecule has 0 amide bonds. The summed E-state index contributed by atoms with van der Waals surface area (Å²) in [6.45, 7) is 2.00. The number of fused-ring (bicyclic) bond motifs is 1. The average Bonchev–Trinajstić information content (AvgIpc) is 3.54. The molecule has 1 atom stereocenters. The van der Waals surface area contributed by atoms with Gasteiger partial charge in [0.2, 0.25) is 5.95 Å². The van der Waals surface area contributed by atoms with Gasteiger partial charge in [-0.1, -0.05) is 18.2 Å². The Hall–Kier alpha value is -4.31. The molecule has 10 nitrogen and oxygen atoms in total. The van der Waals surface area contributed by atoms with Crippen LogP contribution >= 0.6 is 0 Å². The Balaban J connectivity index is 1.48. The van der Waals surface area contributed by atoms with Gasteiger partial charge in [0.15, 0.2) is 5.82 Å². The minimum Gasteiger partial charge on any atom is -0.494 e. The van der Waals surface area contributed by atoms with Crippen LogP contribution in [0.1, 0.15) is 23.2 Å². The lowest BCUT2D eigenvalue weighted by molar-refractivity contribution is 0.0600. The quantitative estimate of drug-likeness (QED) is 0.265. The molecular weight excluding hydrogens is 482 g/mol. The van der Waals surface area contributed by atoms with Crippen LogP contribution in [0.25, 0.3) is 16.7 Å². The van der Waals surface area contributed by atoms with Crippen molar-refractivity contribution in [1.29, 1.82) is 0 Å². The lowest BCUT2D eigenvalue weighted by Gasteiger charge is -2.29. The number of carbonyl (C=O) groups excluding carboxylic acids is 1. The molecule has 1 saturated heterocycles. The first-order valence-corrected chi connectivity index (χ1v) is 12.6. The second kappa shape index (κ2) is 10.6. The van der Waals surface area contributed by atoms with Crippen LogP contribution in [0.15, 0.2) is 54.9 Å². The van der Waals surface area contributed by atoms with Crippen molar-refractivity contribution >= 4 is 39.9 Å². The summed E-state index contributed by atoms with van der Waals surface area (Å²) >= 11 is 0. The first-order valence-electron chi connectivity index (χ1n) is 12.6. The van der Waals surface area contributed by atoms with E-state index in [1.165, 1.54) is 26.1 Å². The standard InChI is InChI=1S/C28H33N7O3/c1-33-12-7-9-19(33)17-34(2)24-15-25(37-3)22(14-21(24)29)31-28-30-16-20(27(36)38-4)26(32-28)35-13-11-18-8-5-6-10-23(18)35/h5-6,8,10-11,13-16,19H,7,9,12,17,29H2,1-4H3,(H,30,31,32)/t19-/m1/s1. The fourth-order valence-corrected chi connectivity index (χ4v) is 5.07. The van der Waals surface area contributed by atoms with Crippen LogP contribution in [0.4, 0.5) is 23.0 Å². The van der Waals surface area contributed by atoms with E-state index in [0.717, 1.165) is 29.7 Å². The van der Waals surface area contributed by atoms with Crippen LogP contribution in [0.5, 0.6) is 5.75 Å². The van der Waals surface area contributed by atoms with E-state index in [2.05, 4.69) is 27.1 Å². The number of nitrogens with one attached hydrogen (secondary N) is 1. The predicted molar refractivity (Wildman–Crippen MR) is 150 cm³/mol. The van der Waals surface area contributed by atoms with E-state index < -0.39 is 5.97 Å². The molecule has 0 radical (unpaired) electrons. The number of anilines is 4. The van der Waals surface area contributed by atoms with Gasteiger partial charge in [0.25, 0.3) is 0 Å². The number of esters is 1. The number of nitrogens with zero attached hydrogens (tertiary/aromatic N) is 5. The van der Waals surface area contributed by atoms with Crippen LogP contribution in [-0.2, 0) is 4.74 Å². The van der Waals surface area contributed by atoms with Crippen molar-refractivity contribution in [3.8, 4) is 11.6 Å². The number of likely N-dealkylation sites (N-methyl/N-ethyl adjacent to an activating group) is 2. The summed E-state index contributed by atoms with van der Waals surface area (Å²) in [5.74, 6) is 0.775. The third-order valence-electron chi connectivity index (χ3n) is 7.16. The second-order valence-corrected chi connectivity index (χ2v) is 9.56. The van der Waals surface area contributed by atoms with E-state index in [-0.39, 0.29) is 11.5 Å². The molecule has 0 saturated carbocycles. The van der Waals surface area contributed by atoms with Gasteiger partial charge in [0, 0.05) is 38.1 Å². The number of benzene rings is 2. The van der Waals surface area contributed by atoms with Crippen molar-refractivity contribution < 1.29 is 14.3 Å². The molecule has 0 unspecified atom stereocenters. The highest BCUT2D eigenvalue weighted by molar-refractivity contribution is 5.94. The maximum Gasteiger partial charge on any atom is 0.343 e. The number of nitrogen functional groups attached to an aromatic ring is 1. The third-order valence-corrected chi connectivity index (χ3v) is 7.16. The van der Waals surface area contributed by atoms with Crippen LogP contribution in [0, 0.1) is 0 Å². The van der Waals surface area contributed by atoms with Crippen LogP contribution in [0.2, 0.25) is 0 Å². The van der Waals surface area contributed by atoms with E-state index in [4.69, 9.17) is 20.2 Å². The molecule has 1 aliphatic heterocycles. The molecule has 3 N–H and O–H groups in total. The van der Waals surface area contributed by atoms with E-state index in [1.54, 1.807) is 7.11 Å². The summed E-state index contributed by atoms with van der Waals surface area (Å²) in [7, 11) is 7.16. The van der Waals surface area contributed by atoms with Gasteiger partial charge in [-0.3, -0.25) is 0 Å². The zero-order chi connectivity index (χ0) is 26.8. The maximum absolute atomic E-state index is 12.5. The number of nitrogens with two attached hydrogens (primary N) is 1. The summed E-state index contributed by atoms with van der Waals surface area (Å²) in [6, 6.07) is 14.1. The average molecular weight is 516 g/mol. The Labute approximate surface area is 222 Å². The Bertz CT molecular complexity index is 1470. The number of hydrogen-bond acceptors (Lipinski definition) is 9. The summed E-state index contributed by atoms with van der Waals surface area (Å²) in [4.78, 5) is 26.2. The highest BCUT2D eigenvalue weighted by atomic mass is 16.5. The minimum atomic E-state index is -0.522. The molecule has 3 heterocycles. The van der Waals surface area contributed by atoms with Gasteiger partial charge in [0.1, 0.15) is 11.3 Å². The number of hydrogen-bond donors (Lipinski definition) is 2. The van der Waals surface area contributed by atoms with Crippen LogP contribution in [0.3, 0.4) is 0 Å². The van der Waals surface area contributed by atoms with E-state index in [0.29, 0.717) is 29.0 Å². The van der Waals surface area contributed by atoms with Crippen molar-refractivity contribution in [3.05, 3.63) is 60.4 Å². The molecule has 0 spiro atoms. The highest BCUT2D eigenvalue weighted by Gasteiger charge is 2.24. The number of rotatable bonds is 8. The number of methoxy groups -OCH3 is 2. The fourth-order valence-electron chi connectivity index (χ4n) is 5.07. The monoisotopic (exact) mass is 515 g/mol. The van der Waals surface area contributed by atoms with Gasteiger partial charge >= 0.3 is 5.97 Å². The summed E-state index contributed by atoms with van der Waals surface area (Å²) in [6.07, 6.45) is 5.72. The van der Waals surface area contributed by atoms with E-state index >= 15 is 0 Å². The molecule has 2 aromatic carbocycles. The molecule has 4 aromatic rings. The normalized spacial score (nSPS) is 15.5. The fraction of sp³-hybridized carbons (Fsp3) is 0.321. The van der Waals surface area contributed by atoms with Crippen molar-refractivity contribution in [2.24, 2.45) is 0 Å². The van der Waals surface area contributed by atoms with Gasteiger partial charge in [-0.15, -0.1) is 0 Å². The summed E-state index contributed by atoms with van der Waals surface area (Å²) < 4.78 is 12.5. The summed E-state index contributed by atoms with van der Waals surface area (Å²) in [5, 5.41) is 4.25. The first-order chi connectivity index (χ1) is 18.4. The van der Waals surface area contributed by atoms with Gasteiger partial charge in [-0.25, -0.2) is 9.78 Å². The highest BCUT2D eigenvalue weighted by Crippen LogP contribution is 2.37. The predicted octanol–water partition coefficient (Wildman–Crippen LogP) is 4.07. The number of ether oxygens (including phenoxy) is 2. The van der Waals surface area contributed by atoms with Crippen LogP contribution in [-0.4, -0.2) is 72.9 Å². The molecule has 1 aliphatic rings. The van der Waals surface area contributed by atoms with Crippen LogP contribution < -0.4 is 20.7 Å². The van der Waals surface area contributed by atoms with Gasteiger partial charge in [-0.05, 0) is 50.0 Å².